The number of likely N-dealkylation sites (N-methyl/N-ethyl adjacent to an activating group) is 1. The minimum Gasteiger partial charge on any atom is -0.312 e. The summed E-state index contributed by atoms with van der Waals surface area (Å²) in [4.78, 5) is 2.34. The molecule has 1 aliphatic rings. The average molecular weight is 212 g/mol. The minimum absolute atomic E-state index is 0.697. The molecule has 0 aromatic rings. The molecule has 90 valence electrons. The predicted octanol–water partition coefficient (Wildman–Crippen LogP) is 2.49. The van der Waals surface area contributed by atoms with Crippen molar-refractivity contribution >= 4 is 0 Å². The molecular formula is C13H28N2. The van der Waals surface area contributed by atoms with Crippen LogP contribution in [-0.2, 0) is 0 Å². The van der Waals surface area contributed by atoms with Gasteiger partial charge >= 0.3 is 0 Å². The maximum Gasteiger partial charge on any atom is 0.0212 e. The third-order valence-electron chi connectivity index (χ3n) is 3.61. The molecule has 1 N–H and O–H groups in total. The van der Waals surface area contributed by atoms with Gasteiger partial charge in [-0.25, -0.2) is 0 Å². The lowest BCUT2D eigenvalue weighted by molar-refractivity contribution is 0.260. The molecule has 1 fully saturated rings. The van der Waals surface area contributed by atoms with Crippen LogP contribution in [-0.4, -0.2) is 37.6 Å². The van der Waals surface area contributed by atoms with Crippen molar-refractivity contribution in [2.75, 3.05) is 20.6 Å². The van der Waals surface area contributed by atoms with Crippen molar-refractivity contribution in [1.82, 2.24) is 10.2 Å². The Hall–Kier alpha value is -0.0800. The molecule has 0 amide bonds. The quantitative estimate of drug-likeness (QED) is 0.665. The fourth-order valence-electron chi connectivity index (χ4n) is 2.29. The van der Waals surface area contributed by atoms with Crippen LogP contribution in [0.15, 0.2) is 0 Å². The first kappa shape index (κ1) is 13.0. The normalized spacial score (nSPS) is 20.6. The van der Waals surface area contributed by atoms with Crippen LogP contribution in [0.2, 0.25) is 0 Å². The van der Waals surface area contributed by atoms with E-state index in [1.165, 1.54) is 32.1 Å². The number of hydrogen-bond donors (Lipinski definition) is 1. The van der Waals surface area contributed by atoms with Gasteiger partial charge in [0, 0.05) is 18.6 Å². The van der Waals surface area contributed by atoms with Crippen LogP contribution in [0.3, 0.4) is 0 Å². The summed E-state index contributed by atoms with van der Waals surface area (Å²) in [5, 5.41) is 3.77. The molecule has 0 saturated heterocycles. The molecule has 15 heavy (non-hydrogen) atoms. The molecule has 0 bridgehead atoms. The van der Waals surface area contributed by atoms with Gasteiger partial charge in [-0.1, -0.05) is 20.3 Å². The molecule has 2 unspecified atom stereocenters. The first-order chi connectivity index (χ1) is 7.19. The van der Waals surface area contributed by atoms with Crippen molar-refractivity contribution in [3.05, 3.63) is 0 Å². The zero-order chi connectivity index (χ0) is 11.3. The number of nitrogens with zero attached hydrogens (tertiary/aromatic N) is 1. The molecule has 2 heteroatoms. The van der Waals surface area contributed by atoms with Crippen LogP contribution >= 0.6 is 0 Å². The zero-order valence-electron chi connectivity index (χ0n) is 10.9. The molecule has 1 aliphatic carbocycles. The van der Waals surface area contributed by atoms with Gasteiger partial charge in [-0.05, 0) is 45.7 Å². The fraction of sp³-hybridized carbons (Fsp3) is 1.00. The van der Waals surface area contributed by atoms with Crippen molar-refractivity contribution in [2.24, 2.45) is 5.92 Å². The highest BCUT2D eigenvalue weighted by atomic mass is 15.1. The summed E-state index contributed by atoms with van der Waals surface area (Å²) in [5.41, 5.74) is 0. The largest absolute Gasteiger partial charge is 0.312 e. The fourth-order valence-corrected chi connectivity index (χ4v) is 2.29. The van der Waals surface area contributed by atoms with E-state index in [0.29, 0.717) is 6.04 Å². The molecule has 0 aromatic carbocycles. The van der Waals surface area contributed by atoms with Crippen LogP contribution in [0.25, 0.3) is 0 Å². The molecular weight excluding hydrogens is 184 g/mol. The standard InChI is InChI=1S/C13H28N2/c1-5-7-13(11-8-9-11)14-10-12(6-2)15(3)4/h11-14H,5-10H2,1-4H3. The number of nitrogens with one attached hydrogen (secondary N) is 1. The second-order valence-electron chi connectivity index (χ2n) is 5.17. The van der Waals surface area contributed by atoms with Gasteiger partial charge in [-0.15, -0.1) is 0 Å². The lowest BCUT2D eigenvalue weighted by Crippen LogP contribution is -2.42. The van der Waals surface area contributed by atoms with Crippen molar-refractivity contribution in [2.45, 2.75) is 58.0 Å². The molecule has 2 nitrogen and oxygen atoms in total. The second-order valence-corrected chi connectivity index (χ2v) is 5.17. The monoisotopic (exact) mass is 212 g/mol. The van der Waals surface area contributed by atoms with Crippen LogP contribution in [0.5, 0.6) is 0 Å². The van der Waals surface area contributed by atoms with E-state index in [2.05, 4.69) is 38.2 Å². The SMILES string of the molecule is CCCC(NCC(CC)N(C)C)C1CC1. The Labute approximate surface area is 95.4 Å². The molecule has 1 rings (SSSR count). The highest BCUT2D eigenvalue weighted by Gasteiger charge is 2.30. The van der Waals surface area contributed by atoms with E-state index >= 15 is 0 Å². The number of hydrogen-bond acceptors (Lipinski definition) is 2. The van der Waals surface area contributed by atoms with E-state index in [0.717, 1.165) is 18.5 Å². The van der Waals surface area contributed by atoms with Crippen molar-refractivity contribution in [1.29, 1.82) is 0 Å². The highest BCUT2D eigenvalue weighted by Crippen LogP contribution is 2.34. The van der Waals surface area contributed by atoms with Crippen LogP contribution in [0, 0.1) is 5.92 Å². The van der Waals surface area contributed by atoms with Gasteiger partial charge in [0.2, 0.25) is 0 Å². The van der Waals surface area contributed by atoms with Crippen LogP contribution in [0.4, 0.5) is 0 Å². The van der Waals surface area contributed by atoms with E-state index in [4.69, 9.17) is 0 Å². The lowest BCUT2D eigenvalue weighted by Gasteiger charge is -2.26. The maximum atomic E-state index is 3.77. The van der Waals surface area contributed by atoms with Gasteiger partial charge in [0.25, 0.3) is 0 Å². The zero-order valence-corrected chi connectivity index (χ0v) is 10.9. The molecule has 1 saturated carbocycles. The van der Waals surface area contributed by atoms with E-state index in [9.17, 15) is 0 Å². The van der Waals surface area contributed by atoms with Gasteiger partial charge in [0.1, 0.15) is 0 Å². The van der Waals surface area contributed by atoms with Gasteiger partial charge < -0.3 is 10.2 Å². The molecule has 2 atom stereocenters. The third kappa shape index (κ3) is 4.52. The smallest absolute Gasteiger partial charge is 0.0212 e. The Kier molecular flexibility index (Phi) is 5.62. The van der Waals surface area contributed by atoms with Crippen LogP contribution < -0.4 is 5.32 Å². The first-order valence-electron chi connectivity index (χ1n) is 6.58. The minimum atomic E-state index is 0.697. The van der Waals surface area contributed by atoms with Gasteiger partial charge in [-0.3, -0.25) is 0 Å². The summed E-state index contributed by atoms with van der Waals surface area (Å²) in [6.07, 6.45) is 6.82. The lowest BCUT2D eigenvalue weighted by atomic mass is 10.1. The Morgan fingerprint density at radius 2 is 1.93 bits per heavy atom. The Morgan fingerprint density at radius 3 is 2.33 bits per heavy atom. The summed E-state index contributed by atoms with van der Waals surface area (Å²) >= 11 is 0. The van der Waals surface area contributed by atoms with Gasteiger partial charge in [0.05, 0.1) is 0 Å². The van der Waals surface area contributed by atoms with E-state index in [1.54, 1.807) is 0 Å². The summed E-state index contributed by atoms with van der Waals surface area (Å²) < 4.78 is 0. The Balaban J connectivity index is 2.25. The molecule has 0 heterocycles. The highest BCUT2D eigenvalue weighted by molar-refractivity contribution is 4.87. The van der Waals surface area contributed by atoms with E-state index < -0.39 is 0 Å². The number of rotatable bonds is 8. The van der Waals surface area contributed by atoms with Crippen molar-refractivity contribution in [3.8, 4) is 0 Å². The predicted molar refractivity (Wildman–Crippen MR) is 67.2 cm³/mol. The molecule has 0 aromatic heterocycles. The van der Waals surface area contributed by atoms with Crippen molar-refractivity contribution in [3.63, 3.8) is 0 Å². The van der Waals surface area contributed by atoms with Crippen LogP contribution in [0.1, 0.15) is 46.0 Å². The average Bonchev–Trinajstić information content (AvgIpc) is 3.00. The van der Waals surface area contributed by atoms with E-state index in [-0.39, 0.29) is 0 Å². The summed E-state index contributed by atoms with van der Waals surface area (Å²) in [6, 6.07) is 1.49. The first-order valence-corrected chi connectivity index (χ1v) is 6.58. The van der Waals surface area contributed by atoms with E-state index in [1.807, 2.05) is 0 Å². The maximum absolute atomic E-state index is 3.77. The third-order valence-corrected chi connectivity index (χ3v) is 3.61. The summed E-state index contributed by atoms with van der Waals surface area (Å²) in [5.74, 6) is 0.990. The summed E-state index contributed by atoms with van der Waals surface area (Å²) in [7, 11) is 4.36. The molecule has 0 radical (unpaired) electrons. The topological polar surface area (TPSA) is 15.3 Å². The van der Waals surface area contributed by atoms with Gasteiger partial charge in [0.15, 0.2) is 0 Å². The Bertz CT molecular complexity index is 164. The summed E-state index contributed by atoms with van der Waals surface area (Å²) in [6.45, 7) is 5.73. The molecule has 0 aliphatic heterocycles. The second kappa shape index (κ2) is 6.49. The molecule has 0 spiro atoms. The van der Waals surface area contributed by atoms with Crippen molar-refractivity contribution < 1.29 is 0 Å². The van der Waals surface area contributed by atoms with Gasteiger partial charge in [-0.2, -0.15) is 0 Å². The Morgan fingerprint density at radius 1 is 1.27 bits per heavy atom.